The normalized spacial score (nSPS) is 12.5. The van der Waals surface area contributed by atoms with E-state index in [1.165, 1.54) is 10.3 Å². The number of thiophene rings is 1. The first kappa shape index (κ1) is 14.6. The molecule has 1 heterocycles. The van der Waals surface area contributed by atoms with Crippen molar-refractivity contribution in [3.8, 4) is 5.75 Å². The van der Waals surface area contributed by atoms with Crippen molar-refractivity contribution in [3.63, 3.8) is 0 Å². The second kappa shape index (κ2) is 6.18. The van der Waals surface area contributed by atoms with E-state index in [9.17, 15) is 0 Å². The van der Waals surface area contributed by atoms with Gasteiger partial charge in [-0.05, 0) is 40.4 Å². The van der Waals surface area contributed by atoms with Gasteiger partial charge < -0.3 is 10.5 Å². The Bertz CT molecular complexity index is 766. The van der Waals surface area contributed by atoms with Crippen LogP contribution in [0.2, 0.25) is 0 Å². The zero-order valence-electron chi connectivity index (χ0n) is 11.7. The van der Waals surface area contributed by atoms with Crippen molar-refractivity contribution < 1.29 is 4.74 Å². The number of halogens is 1. The van der Waals surface area contributed by atoms with Gasteiger partial charge in [0.15, 0.2) is 0 Å². The lowest BCUT2D eigenvalue weighted by atomic mass is 10.0. The van der Waals surface area contributed by atoms with Gasteiger partial charge in [0.2, 0.25) is 0 Å². The Labute approximate surface area is 136 Å². The highest BCUT2D eigenvalue weighted by Crippen LogP contribution is 2.34. The smallest absolute Gasteiger partial charge is 0.132 e. The number of benzene rings is 2. The zero-order chi connectivity index (χ0) is 14.8. The summed E-state index contributed by atoms with van der Waals surface area (Å²) in [7, 11) is 0. The standard InChI is InChI=1S/C17H16BrNOS/c1-11(19)14-8-6-12-4-2-3-5-15(12)17(14)20-10-13-7-9-16(18)21-13/h2-9,11H,10,19H2,1H3. The lowest BCUT2D eigenvalue weighted by Crippen LogP contribution is -2.08. The van der Waals surface area contributed by atoms with Gasteiger partial charge in [0.1, 0.15) is 12.4 Å². The van der Waals surface area contributed by atoms with Crippen molar-refractivity contribution in [1.82, 2.24) is 0 Å². The van der Waals surface area contributed by atoms with Crippen molar-refractivity contribution in [3.05, 3.63) is 62.8 Å². The molecule has 0 amide bonds. The van der Waals surface area contributed by atoms with E-state index in [4.69, 9.17) is 10.5 Å². The van der Waals surface area contributed by atoms with Crippen LogP contribution in [0.15, 0.2) is 52.3 Å². The number of ether oxygens (including phenoxy) is 1. The lowest BCUT2D eigenvalue weighted by molar-refractivity contribution is 0.309. The fourth-order valence-electron chi connectivity index (χ4n) is 2.35. The van der Waals surface area contributed by atoms with E-state index in [1.807, 2.05) is 25.1 Å². The van der Waals surface area contributed by atoms with Crippen LogP contribution >= 0.6 is 27.3 Å². The van der Waals surface area contributed by atoms with Crippen molar-refractivity contribution in [1.29, 1.82) is 0 Å². The Kier molecular flexibility index (Phi) is 4.29. The van der Waals surface area contributed by atoms with Crippen LogP contribution in [0.1, 0.15) is 23.4 Å². The molecule has 0 aliphatic rings. The summed E-state index contributed by atoms with van der Waals surface area (Å²) in [5.41, 5.74) is 7.14. The molecule has 1 unspecified atom stereocenters. The molecule has 21 heavy (non-hydrogen) atoms. The minimum absolute atomic E-state index is 0.0559. The summed E-state index contributed by atoms with van der Waals surface area (Å²) in [6.45, 7) is 2.54. The second-order valence-electron chi connectivity index (χ2n) is 4.99. The van der Waals surface area contributed by atoms with Crippen molar-refractivity contribution in [2.24, 2.45) is 5.73 Å². The molecule has 108 valence electrons. The highest BCUT2D eigenvalue weighted by molar-refractivity contribution is 9.11. The van der Waals surface area contributed by atoms with Gasteiger partial charge in [-0.3, -0.25) is 0 Å². The minimum atomic E-state index is -0.0559. The van der Waals surface area contributed by atoms with Gasteiger partial charge in [0.05, 0.1) is 3.79 Å². The second-order valence-corrected chi connectivity index (χ2v) is 7.54. The van der Waals surface area contributed by atoms with Crippen LogP contribution in [-0.4, -0.2) is 0 Å². The lowest BCUT2D eigenvalue weighted by Gasteiger charge is -2.16. The van der Waals surface area contributed by atoms with Crippen LogP contribution in [-0.2, 0) is 6.61 Å². The first-order valence-corrected chi connectivity index (χ1v) is 8.40. The van der Waals surface area contributed by atoms with Crippen molar-refractivity contribution >= 4 is 38.0 Å². The molecule has 0 spiro atoms. The summed E-state index contributed by atoms with van der Waals surface area (Å²) < 4.78 is 7.24. The molecule has 0 aliphatic carbocycles. The highest BCUT2D eigenvalue weighted by Gasteiger charge is 2.12. The molecule has 3 rings (SSSR count). The molecule has 4 heteroatoms. The molecular formula is C17H16BrNOS. The van der Waals surface area contributed by atoms with Crippen LogP contribution in [0.25, 0.3) is 10.8 Å². The van der Waals surface area contributed by atoms with Crippen molar-refractivity contribution in [2.45, 2.75) is 19.6 Å². The monoisotopic (exact) mass is 361 g/mol. The maximum absolute atomic E-state index is 6.12. The molecule has 0 saturated heterocycles. The van der Waals surface area contributed by atoms with Gasteiger partial charge in [0, 0.05) is 21.9 Å². The number of fused-ring (bicyclic) bond motifs is 1. The summed E-state index contributed by atoms with van der Waals surface area (Å²) in [5.74, 6) is 0.896. The van der Waals surface area contributed by atoms with Crippen LogP contribution < -0.4 is 10.5 Å². The quantitative estimate of drug-likeness (QED) is 0.687. The van der Waals surface area contributed by atoms with Crippen LogP contribution in [0.5, 0.6) is 5.75 Å². The van der Waals surface area contributed by atoms with Gasteiger partial charge in [-0.25, -0.2) is 0 Å². The molecule has 2 aromatic carbocycles. The molecule has 0 saturated carbocycles. The predicted molar refractivity (Wildman–Crippen MR) is 92.9 cm³/mol. The molecule has 1 aromatic heterocycles. The third-order valence-corrected chi connectivity index (χ3v) is 4.99. The Morgan fingerprint density at radius 3 is 2.67 bits per heavy atom. The number of nitrogens with two attached hydrogens (primary N) is 1. The molecule has 0 aliphatic heterocycles. The fourth-order valence-corrected chi connectivity index (χ4v) is 3.75. The van der Waals surface area contributed by atoms with E-state index in [0.717, 1.165) is 20.5 Å². The SMILES string of the molecule is CC(N)c1ccc2ccccc2c1OCc1ccc(Br)s1. The zero-order valence-corrected chi connectivity index (χ0v) is 14.1. The van der Waals surface area contributed by atoms with E-state index in [-0.39, 0.29) is 6.04 Å². The van der Waals surface area contributed by atoms with E-state index in [2.05, 4.69) is 46.3 Å². The summed E-state index contributed by atoms with van der Waals surface area (Å²) in [4.78, 5) is 1.19. The van der Waals surface area contributed by atoms with E-state index < -0.39 is 0 Å². The maximum atomic E-state index is 6.12. The summed E-state index contributed by atoms with van der Waals surface area (Å²) in [5, 5.41) is 2.28. The average Bonchev–Trinajstić information content (AvgIpc) is 2.90. The van der Waals surface area contributed by atoms with Crippen LogP contribution in [0.3, 0.4) is 0 Å². The molecule has 1 atom stereocenters. The number of hydrogen-bond donors (Lipinski definition) is 1. The van der Waals surface area contributed by atoms with E-state index in [0.29, 0.717) is 6.61 Å². The van der Waals surface area contributed by atoms with E-state index >= 15 is 0 Å². The predicted octanol–water partition coefficient (Wildman–Crippen LogP) is 5.26. The van der Waals surface area contributed by atoms with Crippen molar-refractivity contribution in [2.75, 3.05) is 0 Å². The molecule has 0 bridgehead atoms. The topological polar surface area (TPSA) is 35.2 Å². The Morgan fingerprint density at radius 2 is 1.95 bits per heavy atom. The fraction of sp³-hybridized carbons (Fsp3) is 0.176. The molecule has 3 aromatic rings. The Balaban J connectivity index is 1.99. The van der Waals surface area contributed by atoms with Gasteiger partial charge in [0.25, 0.3) is 0 Å². The molecule has 0 fully saturated rings. The van der Waals surface area contributed by atoms with Gasteiger partial charge in [-0.2, -0.15) is 0 Å². The van der Waals surface area contributed by atoms with Gasteiger partial charge >= 0.3 is 0 Å². The Hall–Kier alpha value is -1.36. The summed E-state index contributed by atoms with van der Waals surface area (Å²) >= 11 is 5.17. The minimum Gasteiger partial charge on any atom is -0.487 e. The first-order valence-electron chi connectivity index (χ1n) is 6.79. The number of rotatable bonds is 4. The van der Waals surface area contributed by atoms with Crippen LogP contribution in [0.4, 0.5) is 0 Å². The molecule has 2 nitrogen and oxygen atoms in total. The highest BCUT2D eigenvalue weighted by atomic mass is 79.9. The summed E-state index contributed by atoms with van der Waals surface area (Å²) in [6, 6.07) is 16.5. The third kappa shape index (κ3) is 3.12. The summed E-state index contributed by atoms with van der Waals surface area (Å²) in [6.07, 6.45) is 0. The van der Waals surface area contributed by atoms with Crippen LogP contribution in [0, 0.1) is 0 Å². The molecular weight excluding hydrogens is 346 g/mol. The third-order valence-electron chi connectivity index (χ3n) is 3.39. The van der Waals surface area contributed by atoms with Gasteiger partial charge in [-0.1, -0.05) is 36.4 Å². The molecule has 2 N–H and O–H groups in total. The first-order chi connectivity index (χ1) is 10.1. The Morgan fingerprint density at radius 1 is 1.14 bits per heavy atom. The average molecular weight is 362 g/mol. The maximum Gasteiger partial charge on any atom is 0.132 e. The van der Waals surface area contributed by atoms with E-state index in [1.54, 1.807) is 11.3 Å². The largest absolute Gasteiger partial charge is 0.487 e. The van der Waals surface area contributed by atoms with Gasteiger partial charge in [-0.15, -0.1) is 11.3 Å². The number of hydrogen-bond acceptors (Lipinski definition) is 3. The molecule has 0 radical (unpaired) electrons.